The average Bonchev–Trinajstić information content (AvgIpc) is 2.37. The van der Waals surface area contributed by atoms with E-state index in [1.165, 1.54) is 0 Å². The minimum absolute atomic E-state index is 0.0225. The summed E-state index contributed by atoms with van der Waals surface area (Å²) in [6, 6.07) is 5.42. The summed E-state index contributed by atoms with van der Waals surface area (Å²) in [5.41, 5.74) is 6.90. The maximum absolute atomic E-state index is 11.8. The summed E-state index contributed by atoms with van der Waals surface area (Å²) in [6.07, 6.45) is 0. The van der Waals surface area contributed by atoms with Crippen LogP contribution in [0.25, 0.3) is 0 Å². The Morgan fingerprint density at radius 2 is 2.05 bits per heavy atom. The van der Waals surface area contributed by atoms with Crippen molar-refractivity contribution in [1.29, 1.82) is 0 Å². The Balaban J connectivity index is 2.66. The van der Waals surface area contributed by atoms with Gasteiger partial charge in [0, 0.05) is 17.8 Å². The summed E-state index contributed by atoms with van der Waals surface area (Å²) in [4.78, 5) is 11.8. The Hall–Kier alpha value is -1.59. The van der Waals surface area contributed by atoms with Crippen LogP contribution in [0.4, 0.5) is 5.69 Å². The van der Waals surface area contributed by atoms with Crippen molar-refractivity contribution in [2.24, 2.45) is 5.73 Å². The molecule has 0 saturated carbocycles. The molecule has 0 unspecified atom stereocenters. The van der Waals surface area contributed by atoms with Crippen LogP contribution in [-0.2, 0) is 16.1 Å². The molecule has 112 valence electrons. The second-order valence-corrected chi connectivity index (χ2v) is 5.41. The third kappa shape index (κ3) is 5.59. The van der Waals surface area contributed by atoms with Gasteiger partial charge >= 0.3 is 0 Å². The molecule has 0 fully saturated rings. The van der Waals surface area contributed by atoms with Gasteiger partial charge in [-0.15, -0.1) is 0 Å². The first-order valence-corrected chi connectivity index (χ1v) is 6.75. The van der Waals surface area contributed by atoms with Crippen molar-refractivity contribution in [3.8, 4) is 5.75 Å². The first-order valence-electron chi connectivity index (χ1n) is 6.75. The third-order valence-corrected chi connectivity index (χ3v) is 2.50. The van der Waals surface area contributed by atoms with Crippen LogP contribution in [0.15, 0.2) is 18.2 Å². The monoisotopic (exact) mass is 280 g/mol. The number of hydrogen-bond donors (Lipinski definition) is 2. The van der Waals surface area contributed by atoms with Crippen LogP contribution in [0.5, 0.6) is 5.75 Å². The molecular formula is C15H24N2O3. The Labute approximate surface area is 120 Å². The number of anilines is 1. The van der Waals surface area contributed by atoms with E-state index in [-0.39, 0.29) is 18.1 Å². The number of benzene rings is 1. The van der Waals surface area contributed by atoms with E-state index in [1.807, 2.05) is 39.8 Å². The number of nitrogens with two attached hydrogens (primary N) is 1. The highest BCUT2D eigenvalue weighted by atomic mass is 16.5. The Morgan fingerprint density at radius 3 is 2.60 bits per heavy atom. The number of nitrogens with one attached hydrogen (secondary N) is 1. The summed E-state index contributed by atoms with van der Waals surface area (Å²) < 4.78 is 10.9. The quantitative estimate of drug-likeness (QED) is 0.838. The highest BCUT2D eigenvalue weighted by molar-refractivity contribution is 5.91. The molecule has 20 heavy (non-hydrogen) atoms. The fourth-order valence-corrected chi connectivity index (χ4v) is 1.59. The summed E-state index contributed by atoms with van der Waals surface area (Å²) >= 11 is 0. The summed E-state index contributed by atoms with van der Waals surface area (Å²) in [6.45, 7) is 8.60. The molecule has 0 saturated heterocycles. The van der Waals surface area contributed by atoms with Crippen LogP contribution in [-0.4, -0.2) is 24.7 Å². The van der Waals surface area contributed by atoms with E-state index in [4.69, 9.17) is 15.2 Å². The molecule has 0 bridgehead atoms. The predicted octanol–water partition coefficient (Wildman–Crippen LogP) is 2.30. The third-order valence-electron chi connectivity index (χ3n) is 2.50. The fraction of sp³-hybridized carbons (Fsp3) is 0.533. The van der Waals surface area contributed by atoms with E-state index >= 15 is 0 Å². The predicted molar refractivity (Wildman–Crippen MR) is 79.8 cm³/mol. The lowest BCUT2D eigenvalue weighted by atomic mass is 10.1. The van der Waals surface area contributed by atoms with Crippen molar-refractivity contribution >= 4 is 11.6 Å². The van der Waals surface area contributed by atoms with E-state index in [1.54, 1.807) is 6.07 Å². The molecule has 0 aromatic heterocycles. The summed E-state index contributed by atoms with van der Waals surface area (Å²) in [5, 5.41) is 2.78. The molecule has 5 heteroatoms. The molecule has 1 aromatic rings. The lowest BCUT2D eigenvalue weighted by molar-refractivity contribution is -0.125. The van der Waals surface area contributed by atoms with Crippen LogP contribution in [0.1, 0.15) is 33.3 Å². The second-order valence-electron chi connectivity index (χ2n) is 5.41. The standard InChI is InChI=1S/C15H24N2O3/c1-5-19-13-7-6-12(8-11(13)9-16)17-14(18)10-20-15(2,3)4/h6-8H,5,9-10,16H2,1-4H3,(H,17,18). The first-order chi connectivity index (χ1) is 9.35. The Morgan fingerprint density at radius 1 is 1.35 bits per heavy atom. The maximum Gasteiger partial charge on any atom is 0.250 e. The molecule has 0 radical (unpaired) electrons. The van der Waals surface area contributed by atoms with Crippen LogP contribution >= 0.6 is 0 Å². The highest BCUT2D eigenvalue weighted by Gasteiger charge is 2.13. The molecule has 0 heterocycles. The summed E-state index contributed by atoms with van der Waals surface area (Å²) in [5.74, 6) is 0.561. The van der Waals surface area contributed by atoms with Gasteiger partial charge in [-0.3, -0.25) is 4.79 Å². The number of ether oxygens (including phenoxy) is 2. The molecule has 1 amide bonds. The van der Waals surface area contributed by atoms with Crippen molar-refractivity contribution in [1.82, 2.24) is 0 Å². The van der Waals surface area contributed by atoms with Gasteiger partial charge in [0.25, 0.3) is 0 Å². The van der Waals surface area contributed by atoms with Crippen molar-refractivity contribution in [2.75, 3.05) is 18.5 Å². The number of rotatable bonds is 6. The zero-order valence-electron chi connectivity index (χ0n) is 12.7. The SMILES string of the molecule is CCOc1ccc(NC(=O)COC(C)(C)C)cc1CN. The van der Waals surface area contributed by atoms with E-state index in [0.29, 0.717) is 18.8 Å². The van der Waals surface area contributed by atoms with Crippen molar-refractivity contribution in [3.05, 3.63) is 23.8 Å². The van der Waals surface area contributed by atoms with Crippen LogP contribution in [0.2, 0.25) is 0 Å². The molecular weight excluding hydrogens is 256 g/mol. The molecule has 1 aromatic carbocycles. The van der Waals surface area contributed by atoms with Gasteiger partial charge in [-0.25, -0.2) is 0 Å². The number of carbonyl (C=O) groups is 1. The molecule has 0 atom stereocenters. The van der Waals surface area contributed by atoms with Gasteiger partial charge in [-0.1, -0.05) is 0 Å². The number of amides is 1. The van der Waals surface area contributed by atoms with E-state index in [0.717, 1.165) is 11.3 Å². The normalized spacial score (nSPS) is 11.2. The first kappa shape index (κ1) is 16.5. The topological polar surface area (TPSA) is 73.6 Å². The molecule has 0 aliphatic rings. The molecule has 3 N–H and O–H groups in total. The van der Waals surface area contributed by atoms with Gasteiger partial charge in [0.1, 0.15) is 12.4 Å². The molecule has 0 aliphatic carbocycles. The van der Waals surface area contributed by atoms with Crippen molar-refractivity contribution in [2.45, 2.75) is 39.8 Å². The van der Waals surface area contributed by atoms with Gasteiger partial charge in [0.2, 0.25) is 5.91 Å². The van der Waals surface area contributed by atoms with Crippen LogP contribution < -0.4 is 15.8 Å². The molecule has 5 nitrogen and oxygen atoms in total. The van der Waals surface area contributed by atoms with Crippen LogP contribution in [0.3, 0.4) is 0 Å². The zero-order chi connectivity index (χ0) is 15.2. The molecule has 0 aliphatic heterocycles. The lowest BCUT2D eigenvalue weighted by Crippen LogP contribution is -2.27. The van der Waals surface area contributed by atoms with Gasteiger partial charge in [0.15, 0.2) is 0 Å². The van der Waals surface area contributed by atoms with Gasteiger partial charge in [-0.05, 0) is 45.9 Å². The van der Waals surface area contributed by atoms with Gasteiger partial charge < -0.3 is 20.5 Å². The fourth-order valence-electron chi connectivity index (χ4n) is 1.59. The molecule has 0 spiro atoms. The van der Waals surface area contributed by atoms with Crippen molar-refractivity contribution in [3.63, 3.8) is 0 Å². The van der Waals surface area contributed by atoms with Gasteiger partial charge in [0.05, 0.1) is 12.2 Å². The zero-order valence-corrected chi connectivity index (χ0v) is 12.7. The van der Waals surface area contributed by atoms with E-state index in [9.17, 15) is 4.79 Å². The highest BCUT2D eigenvalue weighted by Crippen LogP contribution is 2.22. The summed E-state index contributed by atoms with van der Waals surface area (Å²) in [7, 11) is 0. The molecule has 1 rings (SSSR count). The largest absolute Gasteiger partial charge is 0.494 e. The van der Waals surface area contributed by atoms with Crippen LogP contribution in [0, 0.1) is 0 Å². The number of carbonyl (C=O) groups excluding carboxylic acids is 1. The van der Waals surface area contributed by atoms with E-state index < -0.39 is 0 Å². The number of hydrogen-bond acceptors (Lipinski definition) is 4. The minimum atomic E-state index is -0.335. The Bertz CT molecular complexity index is 453. The van der Waals surface area contributed by atoms with Crippen molar-refractivity contribution < 1.29 is 14.3 Å². The Kier molecular flexibility index (Phi) is 5.98. The lowest BCUT2D eigenvalue weighted by Gasteiger charge is -2.19. The second kappa shape index (κ2) is 7.26. The van der Waals surface area contributed by atoms with Gasteiger partial charge in [-0.2, -0.15) is 0 Å². The maximum atomic E-state index is 11.8. The smallest absolute Gasteiger partial charge is 0.250 e. The average molecular weight is 280 g/mol. The minimum Gasteiger partial charge on any atom is -0.494 e. The van der Waals surface area contributed by atoms with E-state index in [2.05, 4.69) is 5.32 Å².